The third kappa shape index (κ3) is 3.18. The molecule has 27 heavy (non-hydrogen) atoms. The molecule has 0 unspecified atom stereocenters. The lowest BCUT2D eigenvalue weighted by Crippen LogP contribution is -2.26. The molecule has 0 aliphatic heterocycles. The van der Waals surface area contributed by atoms with E-state index in [-0.39, 0.29) is 0 Å². The molecule has 4 rings (SSSR count). The quantitative estimate of drug-likeness (QED) is 0.578. The maximum absolute atomic E-state index is 11.6. The van der Waals surface area contributed by atoms with Crippen molar-refractivity contribution >= 4 is 11.0 Å². The third-order valence-electron chi connectivity index (χ3n) is 5.72. The number of aliphatic hydroxyl groups is 1. The first-order valence-corrected chi connectivity index (χ1v) is 10.2. The summed E-state index contributed by atoms with van der Waals surface area (Å²) in [7, 11) is 0. The summed E-state index contributed by atoms with van der Waals surface area (Å²) in [5.74, 6) is 2.39. The van der Waals surface area contributed by atoms with E-state index in [0.717, 1.165) is 70.7 Å². The van der Waals surface area contributed by atoms with Crippen LogP contribution in [0.1, 0.15) is 81.1 Å². The van der Waals surface area contributed by atoms with Gasteiger partial charge < -0.3 is 14.6 Å². The molecule has 2 N–H and O–H groups in total. The van der Waals surface area contributed by atoms with Gasteiger partial charge in [0.05, 0.1) is 22.3 Å². The number of aromatic amines is 1. The molecule has 144 valence electrons. The third-order valence-corrected chi connectivity index (χ3v) is 5.72. The molecule has 0 radical (unpaired) electrons. The number of rotatable bonds is 7. The SMILES string of the molecule is CCCC(O)(CCC)c1cc(-c2c(C)noc2C)cc2[nH]c(C3CC3)nc12. The van der Waals surface area contributed by atoms with Gasteiger partial charge in [-0.1, -0.05) is 31.8 Å². The highest BCUT2D eigenvalue weighted by Gasteiger charge is 2.33. The van der Waals surface area contributed by atoms with Gasteiger partial charge in [0.15, 0.2) is 0 Å². The van der Waals surface area contributed by atoms with Gasteiger partial charge in [0.1, 0.15) is 11.6 Å². The molecular weight excluding hydrogens is 338 g/mol. The van der Waals surface area contributed by atoms with Gasteiger partial charge in [-0.2, -0.15) is 0 Å². The van der Waals surface area contributed by atoms with Crippen LogP contribution in [-0.2, 0) is 5.60 Å². The fraction of sp³-hybridized carbons (Fsp3) is 0.545. The van der Waals surface area contributed by atoms with Crippen molar-refractivity contribution in [1.29, 1.82) is 0 Å². The first-order valence-electron chi connectivity index (χ1n) is 10.2. The van der Waals surface area contributed by atoms with Crippen molar-refractivity contribution in [3.63, 3.8) is 0 Å². The number of fused-ring (bicyclic) bond motifs is 1. The first-order chi connectivity index (χ1) is 13.0. The second kappa shape index (κ2) is 6.79. The molecule has 5 nitrogen and oxygen atoms in total. The number of imidazole rings is 1. The van der Waals surface area contributed by atoms with Crippen LogP contribution in [0.5, 0.6) is 0 Å². The lowest BCUT2D eigenvalue weighted by molar-refractivity contribution is 0.0183. The minimum Gasteiger partial charge on any atom is -0.385 e. The number of nitrogens with one attached hydrogen (secondary N) is 1. The second-order valence-electron chi connectivity index (χ2n) is 8.05. The summed E-state index contributed by atoms with van der Waals surface area (Å²) in [4.78, 5) is 8.44. The van der Waals surface area contributed by atoms with Crippen molar-refractivity contribution in [2.75, 3.05) is 0 Å². The molecule has 0 atom stereocenters. The summed E-state index contributed by atoms with van der Waals surface area (Å²) in [6, 6.07) is 4.24. The number of H-pyrrole nitrogens is 1. The van der Waals surface area contributed by atoms with Crippen LogP contribution in [0.25, 0.3) is 22.2 Å². The van der Waals surface area contributed by atoms with Crippen LogP contribution in [0.15, 0.2) is 16.7 Å². The second-order valence-corrected chi connectivity index (χ2v) is 8.05. The van der Waals surface area contributed by atoms with Gasteiger partial charge in [0, 0.05) is 17.0 Å². The van der Waals surface area contributed by atoms with Gasteiger partial charge >= 0.3 is 0 Å². The molecule has 3 aromatic rings. The molecule has 5 heteroatoms. The Morgan fingerprint density at radius 3 is 2.44 bits per heavy atom. The summed E-state index contributed by atoms with van der Waals surface area (Å²) >= 11 is 0. The highest BCUT2D eigenvalue weighted by molar-refractivity contribution is 5.87. The zero-order valence-electron chi connectivity index (χ0n) is 16.7. The molecule has 0 saturated heterocycles. The molecule has 0 spiro atoms. The van der Waals surface area contributed by atoms with E-state index in [1.807, 2.05) is 13.8 Å². The monoisotopic (exact) mass is 367 g/mol. The average Bonchev–Trinajstić information content (AvgIpc) is 3.30. The van der Waals surface area contributed by atoms with Crippen molar-refractivity contribution in [2.24, 2.45) is 0 Å². The van der Waals surface area contributed by atoms with Gasteiger partial charge in [-0.15, -0.1) is 0 Å². The van der Waals surface area contributed by atoms with Crippen LogP contribution in [0, 0.1) is 13.8 Å². The fourth-order valence-corrected chi connectivity index (χ4v) is 4.30. The smallest absolute Gasteiger partial charge is 0.141 e. The number of hydrogen-bond donors (Lipinski definition) is 2. The zero-order chi connectivity index (χ0) is 19.2. The van der Waals surface area contributed by atoms with Crippen molar-refractivity contribution in [1.82, 2.24) is 15.1 Å². The van der Waals surface area contributed by atoms with Crippen LogP contribution in [-0.4, -0.2) is 20.2 Å². The minimum atomic E-state index is -0.868. The Labute approximate surface area is 160 Å². The van der Waals surface area contributed by atoms with Crippen LogP contribution in [0.3, 0.4) is 0 Å². The van der Waals surface area contributed by atoms with Gasteiger partial charge in [-0.25, -0.2) is 4.98 Å². The van der Waals surface area contributed by atoms with E-state index in [1.165, 1.54) is 12.8 Å². The predicted molar refractivity (Wildman–Crippen MR) is 107 cm³/mol. The lowest BCUT2D eigenvalue weighted by Gasteiger charge is -2.29. The van der Waals surface area contributed by atoms with Crippen LogP contribution < -0.4 is 0 Å². The highest BCUT2D eigenvalue weighted by Crippen LogP contribution is 2.43. The van der Waals surface area contributed by atoms with Crippen LogP contribution in [0.2, 0.25) is 0 Å². The summed E-state index contributed by atoms with van der Waals surface area (Å²) in [5, 5.41) is 15.7. The summed E-state index contributed by atoms with van der Waals surface area (Å²) in [6.07, 6.45) is 5.69. The maximum Gasteiger partial charge on any atom is 0.141 e. The summed E-state index contributed by atoms with van der Waals surface area (Å²) in [6.45, 7) is 8.14. The molecule has 1 saturated carbocycles. The zero-order valence-corrected chi connectivity index (χ0v) is 16.7. The van der Waals surface area contributed by atoms with E-state index in [1.54, 1.807) is 0 Å². The predicted octanol–water partition coefficient (Wildman–Crippen LogP) is 5.50. The largest absolute Gasteiger partial charge is 0.385 e. The highest BCUT2D eigenvalue weighted by atomic mass is 16.5. The standard InChI is InChI=1S/C22H29N3O2/c1-5-9-22(26,10-6-2)17-11-16(19-13(3)25-27-14(19)4)12-18-20(17)24-21(23-18)15-7-8-15/h11-12,15,26H,5-10H2,1-4H3,(H,23,24). The molecular formula is C22H29N3O2. The topological polar surface area (TPSA) is 74.9 Å². The van der Waals surface area contributed by atoms with Crippen LogP contribution in [0.4, 0.5) is 0 Å². The Balaban J connectivity index is 1.96. The minimum absolute atomic E-state index is 0.540. The Hall–Kier alpha value is -2.14. The first kappa shape index (κ1) is 18.2. The maximum atomic E-state index is 11.6. The summed E-state index contributed by atoms with van der Waals surface area (Å²) in [5.41, 5.74) is 4.89. The Bertz CT molecular complexity index is 940. The number of benzene rings is 1. The van der Waals surface area contributed by atoms with Gasteiger partial charge in [0.25, 0.3) is 0 Å². The van der Waals surface area contributed by atoms with E-state index in [9.17, 15) is 5.11 Å². The van der Waals surface area contributed by atoms with Crippen molar-refractivity contribution in [3.8, 4) is 11.1 Å². The Morgan fingerprint density at radius 1 is 1.19 bits per heavy atom. The van der Waals surface area contributed by atoms with Gasteiger partial charge in [-0.3, -0.25) is 0 Å². The summed E-state index contributed by atoms with van der Waals surface area (Å²) < 4.78 is 5.40. The number of nitrogens with zero attached hydrogens (tertiary/aromatic N) is 2. The number of hydrogen-bond acceptors (Lipinski definition) is 4. The molecule has 0 amide bonds. The van der Waals surface area contributed by atoms with E-state index >= 15 is 0 Å². The van der Waals surface area contributed by atoms with E-state index < -0.39 is 5.60 Å². The van der Waals surface area contributed by atoms with Crippen molar-refractivity contribution in [3.05, 3.63) is 35.0 Å². The Morgan fingerprint density at radius 2 is 1.89 bits per heavy atom. The molecule has 2 aromatic heterocycles. The van der Waals surface area contributed by atoms with Crippen molar-refractivity contribution < 1.29 is 9.63 Å². The molecule has 1 aliphatic rings. The molecule has 2 heterocycles. The van der Waals surface area contributed by atoms with Gasteiger partial charge in [-0.05, 0) is 57.2 Å². The normalized spacial score (nSPS) is 15.0. The Kier molecular flexibility index (Phi) is 4.58. The number of aromatic nitrogens is 3. The lowest BCUT2D eigenvalue weighted by atomic mass is 9.83. The van der Waals surface area contributed by atoms with E-state index in [2.05, 4.69) is 36.1 Å². The average molecular weight is 367 g/mol. The van der Waals surface area contributed by atoms with Crippen LogP contribution >= 0.6 is 0 Å². The fourth-order valence-electron chi connectivity index (χ4n) is 4.30. The van der Waals surface area contributed by atoms with Crippen molar-refractivity contribution in [2.45, 2.75) is 77.7 Å². The van der Waals surface area contributed by atoms with E-state index in [0.29, 0.717) is 5.92 Å². The van der Waals surface area contributed by atoms with Gasteiger partial charge in [0.2, 0.25) is 0 Å². The molecule has 1 aromatic carbocycles. The number of aryl methyl sites for hydroxylation is 2. The van der Waals surface area contributed by atoms with E-state index in [4.69, 9.17) is 9.51 Å². The molecule has 0 bridgehead atoms. The molecule has 1 fully saturated rings. The molecule has 1 aliphatic carbocycles.